The molecule has 0 spiro atoms. The van der Waals surface area contributed by atoms with E-state index < -0.39 is 0 Å². The van der Waals surface area contributed by atoms with Crippen LogP contribution in [0.4, 0.5) is 0 Å². The first kappa shape index (κ1) is 23.9. The van der Waals surface area contributed by atoms with Crippen LogP contribution in [0.15, 0.2) is 96.1 Å². The number of halogens is 2. The molecule has 0 unspecified atom stereocenters. The normalized spacial score (nSPS) is 11.4. The van der Waals surface area contributed by atoms with Gasteiger partial charge in [0.05, 0.1) is 6.21 Å². The molecular formula is C29H23Cl2N3O2. The van der Waals surface area contributed by atoms with Gasteiger partial charge in [0.15, 0.2) is 0 Å². The topological polar surface area (TPSA) is 55.6 Å². The lowest BCUT2D eigenvalue weighted by atomic mass is 10.2. The van der Waals surface area contributed by atoms with Crippen LogP contribution >= 0.6 is 23.2 Å². The number of benzene rings is 4. The number of carbonyl (C=O) groups excluding carboxylic acids is 1. The molecular weight excluding hydrogens is 493 g/mol. The summed E-state index contributed by atoms with van der Waals surface area (Å²) in [5.41, 5.74) is 6.56. The fourth-order valence-electron chi connectivity index (χ4n) is 4.14. The van der Waals surface area contributed by atoms with E-state index in [0.717, 1.165) is 22.2 Å². The van der Waals surface area contributed by atoms with Crippen molar-refractivity contribution in [3.8, 4) is 5.75 Å². The number of carbonyl (C=O) groups is 1. The molecule has 180 valence electrons. The molecule has 0 aliphatic carbocycles. The molecule has 5 nitrogen and oxygen atoms in total. The second-order valence-corrected chi connectivity index (χ2v) is 9.17. The van der Waals surface area contributed by atoms with E-state index in [4.69, 9.17) is 27.9 Å². The Bertz CT molecular complexity index is 1510. The Morgan fingerprint density at radius 3 is 2.22 bits per heavy atom. The minimum absolute atomic E-state index is 0.145. The zero-order valence-electron chi connectivity index (χ0n) is 19.3. The summed E-state index contributed by atoms with van der Waals surface area (Å²) >= 11 is 12.1. The molecule has 1 amide bonds. The summed E-state index contributed by atoms with van der Waals surface area (Å²) in [6.07, 6.45) is 1.93. The third kappa shape index (κ3) is 5.38. The number of hydrogen-bond acceptors (Lipinski definition) is 3. The molecule has 0 saturated carbocycles. The number of hydrazone groups is 1. The second-order valence-electron chi connectivity index (χ2n) is 8.32. The van der Waals surface area contributed by atoms with Gasteiger partial charge in [0, 0.05) is 50.4 Å². The van der Waals surface area contributed by atoms with E-state index in [2.05, 4.69) is 39.4 Å². The Morgan fingerprint density at radius 2 is 1.56 bits per heavy atom. The second kappa shape index (κ2) is 10.9. The maximum absolute atomic E-state index is 12.4. The van der Waals surface area contributed by atoms with E-state index in [-0.39, 0.29) is 5.91 Å². The van der Waals surface area contributed by atoms with Gasteiger partial charge in [0.25, 0.3) is 0 Å². The van der Waals surface area contributed by atoms with Gasteiger partial charge in [-0.2, -0.15) is 5.10 Å². The predicted octanol–water partition coefficient (Wildman–Crippen LogP) is 7.22. The first-order valence-corrected chi connectivity index (χ1v) is 12.3. The standard InChI is InChI=1S/C29H23Cl2N3O2/c30-22-12-11-21(26(31)17-22)19-36-23-13-9-20(10-14-23)18-32-33-29(35)15-16-34-27-7-3-1-5-24(27)25-6-2-4-8-28(25)34/h1-14,17-18H,15-16,19H2,(H,33,35)/b32-18-. The molecule has 7 heteroatoms. The van der Waals surface area contributed by atoms with E-state index in [0.29, 0.717) is 35.4 Å². The lowest BCUT2D eigenvalue weighted by molar-refractivity contribution is -0.121. The largest absolute Gasteiger partial charge is 0.489 e. The van der Waals surface area contributed by atoms with Crippen LogP contribution in [0, 0.1) is 0 Å². The minimum atomic E-state index is -0.145. The van der Waals surface area contributed by atoms with Crippen LogP contribution in [0.2, 0.25) is 10.0 Å². The smallest absolute Gasteiger partial charge is 0.241 e. The highest BCUT2D eigenvalue weighted by Gasteiger charge is 2.10. The molecule has 1 aromatic heterocycles. The Balaban J connectivity index is 1.15. The molecule has 0 saturated heterocycles. The van der Waals surface area contributed by atoms with Crippen LogP contribution in [0.3, 0.4) is 0 Å². The number of fused-ring (bicyclic) bond motifs is 3. The molecule has 0 aliphatic rings. The summed E-state index contributed by atoms with van der Waals surface area (Å²) in [6.45, 7) is 0.907. The number of ether oxygens (including phenoxy) is 1. The lowest BCUT2D eigenvalue weighted by Crippen LogP contribution is -2.19. The van der Waals surface area contributed by atoms with Crippen molar-refractivity contribution in [2.75, 3.05) is 0 Å². The van der Waals surface area contributed by atoms with Gasteiger partial charge in [-0.3, -0.25) is 4.79 Å². The van der Waals surface area contributed by atoms with Crippen molar-refractivity contribution in [3.05, 3.63) is 112 Å². The number of amides is 1. The van der Waals surface area contributed by atoms with Gasteiger partial charge in [-0.25, -0.2) is 5.43 Å². The summed E-state index contributed by atoms with van der Waals surface area (Å²) in [5.74, 6) is 0.557. The summed E-state index contributed by atoms with van der Waals surface area (Å²) in [4.78, 5) is 12.4. The Kier molecular flexibility index (Phi) is 7.21. The number of nitrogens with one attached hydrogen (secondary N) is 1. The van der Waals surface area contributed by atoms with Crippen molar-refractivity contribution in [2.24, 2.45) is 5.10 Å². The summed E-state index contributed by atoms with van der Waals surface area (Å²) in [6, 6.07) is 29.2. The number of hydrogen-bond donors (Lipinski definition) is 1. The zero-order valence-corrected chi connectivity index (χ0v) is 20.8. The van der Waals surface area contributed by atoms with Crippen LogP contribution in [0.25, 0.3) is 21.8 Å². The third-order valence-electron chi connectivity index (χ3n) is 5.93. The molecule has 1 heterocycles. The van der Waals surface area contributed by atoms with Crippen molar-refractivity contribution >= 4 is 57.1 Å². The van der Waals surface area contributed by atoms with Crippen LogP contribution in [-0.2, 0) is 17.9 Å². The highest BCUT2D eigenvalue weighted by Crippen LogP contribution is 2.29. The van der Waals surface area contributed by atoms with Crippen molar-refractivity contribution < 1.29 is 9.53 Å². The molecule has 0 bridgehead atoms. The highest BCUT2D eigenvalue weighted by atomic mass is 35.5. The third-order valence-corrected chi connectivity index (χ3v) is 6.52. The highest BCUT2D eigenvalue weighted by molar-refractivity contribution is 6.35. The van der Waals surface area contributed by atoms with Gasteiger partial charge in [0.1, 0.15) is 12.4 Å². The van der Waals surface area contributed by atoms with Crippen molar-refractivity contribution in [1.29, 1.82) is 0 Å². The average molecular weight is 516 g/mol. The van der Waals surface area contributed by atoms with Crippen LogP contribution < -0.4 is 10.2 Å². The minimum Gasteiger partial charge on any atom is -0.489 e. The van der Waals surface area contributed by atoms with Gasteiger partial charge >= 0.3 is 0 Å². The fourth-order valence-corrected chi connectivity index (χ4v) is 4.61. The quantitative estimate of drug-likeness (QED) is 0.175. The maximum Gasteiger partial charge on any atom is 0.241 e. The molecule has 0 radical (unpaired) electrons. The molecule has 0 fully saturated rings. The van der Waals surface area contributed by atoms with Crippen molar-refractivity contribution in [1.82, 2.24) is 9.99 Å². The Labute approximate surface area is 218 Å². The van der Waals surface area contributed by atoms with Gasteiger partial charge in [-0.05, 0) is 54.1 Å². The van der Waals surface area contributed by atoms with E-state index in [9.17, 15) is 4.79 Å². The van der Waals surface area contributed by atoms with Crippen LogP contribution in [0.1, 0.15) is 17.5 Å². The van der Waals surface area contributed by atoms with Crippen LogP contribution in [0.5, 0.6) is 5.75 Å². The number of aromatic nitrogens is 1. The van der Waals surface area contributed by atoms with Gasteiger partial charge in [-0.15, -0.1) is 0 Å². The summed E-state index contributed by atoms with van der Waals surface area (Å²) < 4.78 is 7.98. The van der Waals surface area contributed by atoms with Crippen molar-refractivity contribution in [2.45, 2.75) is 19.6 Å². The Morgan fingerprint density at radius 1 is 0.889 bits per heavy atom. The molecule has 36 heavy (non-hydrogen) atoms. The SMILES string of the molecule is O=C(CCn1c2ccccc2c2ccccc21)N/N=C\c1ccc(OCc2ccc(Cl)cc2Cl)cc1. The van der Waals surface area contributed by atoms with Gasteiger partial charge < -0.3 is 9.30 Å². The first-order chi connectivity index (χ1) is 17.6. The molecule has 0 aliphatic heterocycles. The maximum atomic E-state index is 12.4. The summed E-state index contributed by atoms with van der Waals surface area (Å²) in [5, 5.41) is 7.64. The summed E-state index contributed by atoms with van der Waals surface area (Å²) in [7, 11) is 0. The lowest BCUT2D eigenvalue weighted by Gasteiger charge is -2.08. The molecule has 4 aromatic carbocycles. The molecule has 0 atom stereocenters. The number of para-hydroxylation sites is 2. The van der Waals surface area contributed by atoms with Gasteiger partial charge in [0.2, 0.25) is 5.91 Å². The Hall–Kier alpha value is -3.80. The zero-order chi connectivity index (χ0) is 24.9. The van der Waals surface area contributed by atoms with Crippen LogP contribution in [-0.4, -0.2) is 16.7 Å². The molecule has 5 rings (SSSR count). The molecule has 1 N–H and O–H groups in total. The van der Waals surface area contributed by atoms with E-state index in [1.807, 2.05) is 54.6 Å². The fraction of sp³-hybridized carbons (Fsp3) is 0.103. The molecule has 5 aromatic rings. The van der Waals surface area contributed by atoms with E-state index in [1.54, 1.807) is 18.3 Å². The van der Waals surface area contributed by atoms with Crippen molar-refractivity contribution in [3.63, 3.8) is 0 Å². The van der Waals surface area contributed by atoms with E-state index >= 15 is 0 Å². The first-order valence-electron chi connectivity index (χ1n) is 11.5. The number of rotatable bonds is 8. The van der Waals surface area contributed by atoms with Gasteiger partial charge in [-0.1, -0.05) is 65.7 Å². The predicted molar refractivity (Wildman–Crippen MR) is 147 cm³/mol. The number of nitrogens with zero attached hydrogens (tertiary/aromatic N) is 2. The average Bonchev–Trinajstić information content (AvgIpc) is 3.21. The number of aryl methyl sites for hydroxylation is 1. The van der Waals surface area contributed by atoms with E-state index in [1.165, 1.54) is 10.8 Å². The monoisotopic (exact) mass is 515 g/mol.